The van der Waals surface area contributed by atoms with Crippen molar-refractivity contribution in [1.82, 2.24) is 0 Å². The van der Waals surface area contributed by atoms with E-state index in [1.54, 1.807) is 19.2 Å². The molecule has 0 amide bonds. The average molecular weight is 238 g/mol. The highest BCUT2D eigenvalue weighted by atomic mass is 19.1. The van der Waals surface area contributed by atoms with E-state index in [4.69, 9.17) is 9.47 Å². The van der Waals surface area contributed by atoms with Gasteiger partial charge in [0, 0.05) is 12.7 Å². The minimum atomic E-state index is -0.197. The Labute approximate surface area is 102 Å². The second kappa shape index (κ2) is 6.12. The highest BCUT2D eigenvalue weighted by Crippen LogP contribution is 2.24. The summed E-state index contributed by atoms with van der Waals surface area (Å²) in [5.74, 6) is -0.197. The number of ether oxygens (including phenoxy) is 2. The van der Waals surface area contributed by atoms with E-state index < -0.39 is 0 Å². The van der Waals surface area contributed by atoms with Gasteiger partial charge in [-0.3, -0.25) is 0 Å². The van der Waals surface area contributed by atoms with Crippen LogP contribution in [0.4, 0.5) is 4.39 Å². The van der Waals surface area contributed by atoms with Crippen LogP contribution in [0.5, 0.6) is 0 Å². The van der Waals surface area contributed by atoms with Crippen molar-refractivity contribution in [2.45, 2.75) is 44.5 Å². The van der Waals surface area contributed by atoms with E-state index in [1.165, 1.54) is 18.9 Å². The molecule has 0 heterocycles. The highest BCUT2D eigenvalue weighted by Gasteiger charge is 2.25. The maximum absolute atomic E-state index is 13.4. The molecule has 2 rings (SSSR count). The summed E-state index contributed by atoms with van der Waals surface area (Å²) in [7, 11) is 1.72. The third-order valence-corrected chi connectivity index (χ3v) is 3.36. The van der Waals surface area contributed by atoms with E-state index in [9.17, 15) is 4.39 Å². The summed E-state index contributed by atoms with van der Waals surface area (Å²) in [6, 6.07) is 6.75. The zero-order valence-electron chi connectivity index (χ0n) is 10.2. The lowest BCUT2D eigenvalue weighted by Gasteiger charge is -2.30. The first-order valence-electron chi connectivity index (χ1n) is 6.19. The van der Waals surface area contributed by atoms with Gasteiger partial charge < -0.3 is 9.47 Å². The van der Waals surface area contributed by atoms with Gasteiger partial charge in [0.1, 0.15) is 5.82 Å². The minimum Gasteiger partial charge on any atom is -0.379 e. The molecular formula is C14H19FO2. The van der Waals surface area contributed by atoms with Gasteiger partial charge >= 0.3 is 0 Å². The van der Waals surface area contributed by atoms with Gasteiger partial charge in [-0.2, -0.15) is 0 Å². The van der Waals surface area contributed by atoms with E-state index in [1.807, 2.05) is 6.07 Å². The summed E-state index contributed by atoms with van der Waals surface area (Å²) in [4.78, 5) is 0. The van der Waals surface area contributed by atoms with Crippen LogP contribution in [0.15, 0.2) is 24.3 Å². The first-order valence-corrected chi connectivity index (χ1v) is 6.19. The van der Waals surface area contributed by atoms with Gasteiger partial charge in [-0.05, 0) is 18.9 Å². The Bertz CT molecular complexity index is 354. The van der Waals surface area contributed by atoms with Crippen LogP contribution in [0.25, 0.3) is 0 Å². The smallest absolute Gasteiger partial charge is 0.128 e. The molecule has 0 unspecified atom stereocenters. The molecule has 0 radical (unpaired) electrons. The maximum Gasteiger partial charge on any atom is 0.128 e. The second-order valence-electron chi connectivity index (χ2n) is 4.50. The van der Waals surface area contributed by atoms with Crippen molar-refractivity contribution >= 4 is 0 Å². The Hall–Kier alpha value is -0.930. The van der Waals surface area contributed by atoms with Gasteiger partial charge in [0.2, 0.25) is 0 Å². The molecule has 0 saturated heterocycles. The number of methoxy groups -OCH3 is 1. The fraction of sp³-hybridized carbons (Fsp3) is 0.571. The molecule has 0 aromatic heterocycles. The van der Waals surface area contributed by atoms with Gasteiger partial charge in [-0.1, -0.05) is 31.0 Å². The van der Waals surface area contributed by atoms with Gasteiger partial charge in [0.25, 0.3) is 0 Å². The number of benzene rings is 1. The van der Waals surface area contributed by atoms with E-state index in [2.05, 4.69) is 0 Å². The molecule has 2 nitrogen and oxygen atoms in total. The van der Waals surface area contributed by atoms with Crippen LogP contribution in [0.2, 0.25) is 0 Å². The van der Waals surface area contributed by atoms with Crippen LogP contribution in [-0.2, 0) is 16.1 Å². The largest absolute Gasteiger partial charge is 0.379 e. The number of hydrogen-bond donors (Lipinski definition) is 0. The molecule has 1 aliphatic rings. The number of halogens is 1. The molecule has 17 heavy (non-hydrogen) atoms. The lowest BCUT2D eigenvalue weighted by atomic mass is 9.94. The van der Waals surface area contributed by atoms with Crippen molar-refractivity contribution in [3.8, 4) is 0 Å². The summed E-state index contributed by atoms with van der Waals surface area (Å²) in [6.07, 6.45) is 4.68. The lowest BCUT2D eigenvalue weighted by Crippen LogP contribution is -2.33. The Balaban J connectivity index is 1.90. The molecule has 0 spiro atoms. The third-order valence-electron chi connectivity index (χ3n) is 3.36. The summed E-state index contributed by atoms with van der Waals surface area (Å²) < 4.78 is 24.6. The van der Waals surface area contributed by atoms with Crippen LogP contribution in [0.3, 0.4) is 0 Å². The van der Waals surface area contributed by atoms with Crippen molar-refractivity contribution < 1.29 is 13.9 Å². The molecule has 1 aromatic carbocycles. The monoisotopic (exact) mass is 238 g/mol. The van der Waals surface area contributed by atoms with Gasteiger partial charge in [0.05, 0.1) is 18.8 Å². The molecule has 2 atom stereocenters. The molecule has 0 aliphatic heterocycles. The molecule has 1 aliphatic carbocycles. The van der Waals surface area contributed by atoms with Crippen LogP contribution >= 0.6 is 0 Å². The predicted molar refractivity (Wildman–Crippen MR) is 64.2 cm³/mol. The second-order valence-corrected chi connectivity index (χ2v) is 4.50. The van der Waals surface area contributed by atoms with Crippen molar-refractivity contribution in [1.29, 1.82) is 0 Å². The summed E-state index contributed by atoms with van der Waals surface area (Å²) in [5.41, 5.74) is 0.618. The first kappa shape index (κ1) is 12.5. The maximum atomic E-state index is 13.4. The molecule has 1 aromatic rings. The zero-order chi connectivity index (χ0) is 12.1. The average Bonchev–Trinajstić information content (AvgIpc) is 2.38. The van der Waals surface area contributed by atoms with E-state index in [0.29, 0.717) is 12.2 Å². The van der Waals surface area contributed by atoms with E-state index in [0.717, 1.165) is 12.8 Å². The molecule has 3 heteroatoms. The summed E-state index contributed by atoms with van der Waals surface area (Å²) >= 11 is 0. The van der Waals surface area contributed by atoms with Gasteiger partial charge in [-0.25, -0.2) is 4.39 Å². The molecule has 0 N–H and O–H groups in total. The zero-order valence-corrected chi connectivity index (χ0v) is 10.2. The van der Waals surface area contributed by atoms with Crippen molar-refractivity contribution in [2.75, 3.05) is 7.11 Å². The van der Waals surface area contributed by atoms with Gasteiger partial charge in [0.15, 0.2) is 0 Å². The van der Waals surface area contributed by atoms with Crippen LogP contribution < -0.4 is 0 Å². The molecule has 0 bridgehead atoms. The van der Waals surface area contributed by atoms with Crippen LogP contribution in [0.1, 0.15) is 31.2 Å². The summed E-state index contributed by atoms with van der Waals surface area (Å²) in [6.45, 7) is 0.331. The van der Waals surface area contributed by atoms with Gasteiger partial charge in [-0.15, -0.1) is 0 Å². The van der Waals surface area contributed by atoms with E-state index in [-0.39, 0.29) is 18.0 Å². The predicted octanol–water partition coefficient (Wildman–Crippen LogP) is 3.30. The SMILES string of the molecule is CO[C@@H]1CCCC[C@@H]1OCc1ccccc1F. The Morgan fingerprint density at radius 2 is 1.88 bits per heavy atom. The topological polar surface area (TPSA) is 18.5 Å². The van der Waals surface area contributed by atoms with Crippen LogP contribution in [-0.4, -0.2) is 19.3 Å². The first-order chi connectivity index (χ1) is 8.31. The normalized spacial score (nSPS) is 24.8. The lowest BCUT2D eigenvalue weighted by molar-refractivity contribution is -0.0835. The number of hydrogen-bond acceptors (Lipinski definition) is 2. The standard InChI is InChI=1S/C14H19FO2/c1-16-13-8-4-5-9-14(13)17-10-11-6-2-3-7-12(11)15/h2-3,6-7,13-14H,4-5,8-10H2,1H3/t13-,14+/m1/s1. The highest BCUT2D eigenvalue weighted by molar-refractivity contribution is 5.16. The quantitative estimate of drug-likeness (QED) is 0.801. The minimum absolute atomic E-state index is 0.105. The molecule has 1 saturated carbocycles. The third kappa shape index (κ3) is 3.27. The molecular weight excluding hydrogens is 219 g/mol. The number of rotatable bonds is 4. The van der Waals surface area contributed by atoms with Crippen molar-refractivity contribution in [2.24, 2.45) is 0 Å². The molecule has 94 valence electrons. The fourth-order valence-electron chi connectivity index (χ4n) is 2.34. The Morgan fingerprint density at radius 3 is 2.59 bits per heavy atom. The molecule has 1 fully saturated rings. The fourth-order valence-corrected chi connectivity index (χ4v) is 2.34. The van der Waals surface area contributed by atoms with Crippen molar-refractivity contribution in [3.63, 3.8) is 0 Å². The van der Waals surface area contributed by atoms with Crippen LogP contribution in [0, 0.1) is 5.82 Å². The van der Waals surface area contributed by atoms with E-state index >= 15 is 0 Å². The van der Waals surface area contributed by atoms with Crippen molar-refractivity contribution in [3.05, 3.63) is 35.6 Å². The Morgan fingerprint density at radius 1 is 1.18 bits per heavy atom. The summed E-state index contributed by atoms with van der Waals surface area (Å²) in [5, 5.41) is 0. The Kier molecular flexibility index (Phi) is 4.51.